The Balaban J connectivity index is 1.81. The van der Waals surface area contributed by atoms with E-state index in [2.05, 4.69) is 59.2 Å². The van der Waals surface area contributed by atoms with Gasteiger partial charge in [-0.15, -0.1) is 12.6 Å². The van der Waals surface area contributed by atoms with E-state index in [0.717, 1.165) is 53.5 Å². The third-order valence-electron chi connectivity index (χ3n) is 6.80. The van der Waals surface area contributed by atoms with Crippen LogP contribution in [0.15, 0.2) is 71.6 Å². The van der Waals surface area contributed by atoms with Gasteiger partial charge in [0, 0.05) is 41.5 Å². The molecule has 184 valence electrons. The number of unbranched alkanes of at least 4 members (excludes halogenated alkanes) is 3. The van der Waals surface area contributed by atoms with E-state index in [1.807, 2.05) is 12.1 Å². The minimum atomic E-state index is -0.906. The molecule has 1 aliphatic rings. The third-order valence-corrected chi connectivity index (χ3v) is 7.16. The molecule has 4 rings (SSSR count). The van der Waals surface area contributed by atoms with E-state index in [9.17, 15) is 9.90 Å². The minimum absolute atomic E-state index is 0.304. The van der Waals surface area contributed by atoms with E-state index in [1.54, 1.807) is 12.1 Å². The van der Waals surface area contributed by atoms with Gasteiger partial charge < -0.3 is 14.9 Å². The second-order valence-corrected chi connectivity index (χ2v) is 9.82. The Morgan fingerprint density at radius 2 is 1.71 bits per heavy atom. The van der Waals surface area contributed by atoms with E-state index in [0.29, 0.717) is 5.56 Å². The van der Waals surface area contributed by atoms with Gasteiger partial charge in [-0.05, 0) is 67.6 Å². The first-order valence-corrected chi connectivity index (χ1v) is 13.3. The predicted molar refractivity (Wildman–Crippen MR) is 150 cm³/mol. The highest BCUT2D eigenvalue weighted by molar-refractivity contribution is 7.80. The van der Waals surface area contributed by atoms with Gasteiger partial charge in [0.2, 0.25) is 0 Å². The lowest BCUT2D eigenvalue weighted by Crippen LogP contribution is -2.30. The number of anilines is 3. The molecule has 3 aromatic carbocycles. The molecule has 0 unspecified atom stereocenters. The molecule has 1 aliphatic heterocycles. The van der Waals surface area contributed by atoms with Gasteiger partial charge in [0.25, 0.3) is 0 Å². The number of benzene rings is 3. The zero-order valence-electron chi connectivity index (χ0n) is 20.6. The normalized spacial score (nSPS) is 13.6. The van der Waals surface area contributed by atoms with Crippen molar-refractivity contribution in [2.45, 2.75) is 56.8 Å². The molecule has 0 spiro atoms. The van der Waals surface area contributed by atoms with Crippen molar-refractivity contribution in [2.24, 2.45) is 0 Å². The average molecular weight is 489 g/mol. The van der Waals surface area contributed by atoms with Crippen molar-refractivity contribution in [2.75, 3.05) is 29.4 Å². The summed E-state index contributed by atoms with van der Waals surface area (Å²) in [6.07, 6.45) is 8.39. The third kappa shape index (κ3) is 6.21. The van der Waals surface area contributed by atoms with Crippen LogP contribution in [-0.2, 0) is 0 Å². The van der Waals surface area contributed by atoms with E-state index in [-0.39, 0.29) is 0 Å². The molecule has 1 N–H and O–H groups in total. The summed E-state index contributed by atoms with van der Waals surface area (Å²) < 4.78 is 0. The molecule has 5 heteroatoms. The van der Waals surface area contributed by atoms with E-state index in [1.165, 1.54) is 44.2 Å². The van der Waals surface area contributed by atoms with Crippen LogP contribution in [0, 0.1) is 0 Å². The van der Waals surface area contributed by atoms with Crippen LogP contribution in [0.2, 0.25) is 0 Å². The first-order chi connectivity index (χ1) is 17.1. The average Bonchev–Trinajstić information content (AvgIpc) is 2.90. The second kappa shape index (κ2) is 12.2. The maximum Gasteiger partial charge on any atom is 0.335 e. The maximum atomic E-state index is 11.7. The van der Waals surface area contributed by atoms with Gasteiger partial charge in [-0.25, -0.2) is 4.79 Å². The first kappa shape index (κ1) is 25.2. The van der Waals surface area contributed by atoms with Crippen molar-refractivity contribution in [3.63, 3.8) is 0 Å². The molecule has 4 nitrogen and oxygen atoms in total. The van der Waals surface area contributed by atoms with Crippen LogP contribution in [0.25, 0.3) is 11.1 Å². The molecule has 0 aliphatic carbocycles. The Bertz CT molecular complexity index is 1130. The molecular weight excluding hydrogens is 452 g/mol. The summed E-state index contributed by atoms with van der Waals surface area (Å²) in [6.45, 7) is 5.20. The highest BCUT2D eigenvalue weighted by Crippen LogP contribution is 2.42. The SMILES string of the molecule is CCCCCCN(c1ccccc1)c1cc(N2CCCCC2)c(-c2cccc(C(=O)O)c2)cc1S. The van der Waals surface area contributed by atoms with Crippen LogP contribution in [0.5, 0.6) is 0 Å². The zero-order chi connectivity index (χ0) is 24.6. The Labute approximate surface area is 215 Å². The van der Waals surface area contributed by atoms with Crippen molar-refractivity contribution in [3.05, 3.63) is 72.3 Å². The lowest BCUT2D eigenvalue weighted by Gasteiger charge is -2.34. The molecule has 0 saturated carbocycles. The summed E-state index contributed by atoms with van der Waals surface area (Å²) in [5.41, 5.74) is 5.71. The number of aromatic carboxylic acids is 1. The lowest BCUT2D eigenvalue weighted by molar-refractivity contribution is 0.0697. The number of carboxylic acids is 1. The highest BCUT2D eigenvalue weighted by Gasteiger charge is 2.21. The van der Waals surface area contributed by atoms with Crippen LogP contribution in [0.4, 0.5) is 17.1 Å². The maximum absolute atomic E-state index is 11.7. The summed E-state index contributed by atoms with van der Waals surface area (Å²) in [6, 6.07) is 22.2. The first-order valence-electron chi connectivity index (χ1n) is 12.9. The molecular formula is C30H36N2O2S. The van der Waals surface area contributed by atoms with Crippen LogP contribution in [0.1, 0.15) is 62.2 Å². The Kier molecular flexibility index (Phi) is 8.75. The number of carbonyl (C=O) groups is 1. The number of carboxylic acid groups (broad SMARTS) is 1. The molecule has 1 heterocycles. The monoisotopic (exact) mass is 488 g/mol. The predicted octanol–water partition coefficient (Wildman–Crippen LogP) is 8.05. The highest BCUT2D eigenvalue weighted by atomic mass is 32.1. The summed E-state index contributed by atoms with van der Waals surface area (Å²) in [5, 5.41) is 9.56. The van der Waals surface area contributed by atoms with Gasteiger partial charge in [0.1, 0.15) is 0 Å². The van der Waals surface area contributed by atoms with Gasteiger partial charge in [-0.1, -0.05) is 56.5 Å². The molecule has 0 amide bonds. The number of para-hydroxylation sites is 1. The molecule has 1 saturated heterocycles. The van der Waals surface area contributed by atoms with Gasteiger partial charge >= 0.3 is 5.97 Å². The fourth-order valence-corrected chi connectivity index (χ4v) is 5.24. The fraction of sp³-hybridized carbons (Fsp3) is 0.367. The molecule has 35 heavy (non-hydrogen) atoms. The summed E-state index contributed by atoms with van der Waals surface area (Å²) >= 11 is 4.97. The number of thiol groups is 1. The van der Waals surface area contributed by atoms with Crippen molar-refractivity contribution in [1.29, 1.82) is 0 Å². The Morgan fingerprint density at radius 3 is 2.43 bits per heavy atom. The molecule has 0 aromatic heterocycles. The Hall–Kier alpha value is -2.92. The number of hydrogen-bond donors (Lipinski definition) is 2. The summed E-state index contributed by atoms with van der Waals surface area (Å²) in [5.74, 6) is -0.906. The molecule has 0 bridgehead atoms. The van der Waals surface area contributed by atoms with Gasteiger partial charge in [0.05, 0.1) is 11.3 Å². The lowest BCUT2D eigenvalue weighted by atomic mass is 9.98. The van der Waals surface area contributed by atoms with Crippen LogP contribution >= 0.6 is 12.6 Å². The van der Waals surface area contributed by atoms with Crippen LogP contribution in [0.3, 0.4) is 0 Å². The van der Waals surface area contributed by atoms with Gasteiger partial charge in [-0.3, -0.25) is 0 Å². The quantitative estimate of drug-likeness (QED) is 0.224. The van der Waals surface area contributed by atoms with Crippen LogP contribution in [-0.4, -0.2) is 30.7 Å². The largest absolute Gasteiger partial charge is 0.478 e. The van der Waals surface area contributed by atoms with E-state index < -0.39 is 5.97 Å². The fourth-order valence-electron chi connectivity index (χ4n) is 4.92. The number of rotatable bonds is 10. The topological polar surface area (TPSA) is 43.8 Å². The van der Waals surface area contributed by atoms with E-state index in [4.69, 9.17) is 12.6 Å². The summed E-state index contributed by atoms with van der Waals surface area (Å²) in [7, 11) is 0. The molecule has 3 aromatic rings. The Morgan fingerprint density at radius 1 is 0.943 bits per heavy atom. The van der Waals surface area contributed by atoms with Crippen molar-refractivity contribution >= 4 is 35.7 Å². The molecule has 0 radical (unpaired) electrons. The number of nitrogens with zero attached hydrogens (tertiary/aromatic N) is 2. The number of hydrogen-bond acceptors (Lipinski definition) is 4. The van der Waals surface area contributed by atoms with Crippen LogP contribution < -0.4 is 9.80 Å². The van der Waals surface area contributed by atoms with Crippen molar-refractivity contribution < 1.29 is 9.90 Å². The molecule has 0 atom stereocenters. The zero-order valence-corrected chi connectivity index (χ0v) is 21.5. The van der Waals surface area contributed by atoms with E-state index >= 15 is 0 Å². The molecule has 1 fully saturated rings. The van der Waals surface area contributed by atoms with Crippen molar-refractivity contribution in [3.8, 4) is 11.1 Å². The van der Waals surface area contributed by atoms with Gasteiger partial charge in [0.15, 0.2) is 0 Å². The second-order valence-electron chi connectivity index (χ2n) is 9.34. The smallest absolute Gasteiger partial charge is 0.335 e. The summed E-state index contributed by atoms with van der Waals surface area (Å²) in [4.78, 5) is 17.4. The van der Waals surface area contributed by atoms with Crippen molar-refractivity contribution in [1.82, 2.24) is 0 Å². The standard InChI is InChI=1S/C30H36N2O2S/c1-2-3-4-11-19-32(25-15-7-5-8-16-25)28-22-27(31-17-9-6-10-18-31)26(21-29(28)35)23-13-12-14-24(20-23)30(33)34/h5,7-8,12-16,20-22,35H,2-4,6,9-11,17-19H2,1H3,(H,33,34). The minimum Gasteiger partial charge on any atom is -0.478 e. The number of piperidine rings is 1. The van der Waals surface area contributed by atoms with Gasteiger partial charge in [-0.2, -0.15) is 0 Å².